The fourth-order valence-electron chi connectivity index (χ4n) is 2.35. The van der Waals surface area contributed by atoms with Gasteiger partial charge in [-0.2, -0.15) is 0 Å². The molecule has 0 saturated carbocycles. The van der Waals surface area contributed by atoms with E-state index in [4.69, 9.17) is 11.5 Å². The van der Waals surface area contributed by atoms with Crippen LogP contribution in [0, 0.1) is 6.92 Å². The number of benzene rings is 1. The Morgan fingerprint density at radius 2 is 2.06 bits per heavy atom. The summed E-state index contributed by atoms with van der Waals surface area (Å²) in [6, 6.07) is 4.66. The number of aliphatic hydroxyl groups excluding tert-OH is 3. The predicted molar refractivity (Wildman–Crippen MR) is 68.9 cm³/mol. The van der Waals surface area contributed by atoms with Gasteiger partial charge < -0.3 is 31.7 Å². The van der Waals surface area contributed by atoms with E-state index in [1.807, 2.05) is 13.0 Å². The summed E-state index contributed by atoms with van der Waals surface area (Å²) in [6.07, 6.45) is -3.22. The maximum atomic E-state index is 9.83. The molecule has 1 saturated heterocycles. The molecular weight excluding hydrogens is 234 g/mol. The molecule has 6 heteroatoms. The Balaban J connectivity index is 2.33. The molecule has 0 spiro atoms. The zero-order chi connectivity index (χ0) is 13.4. The molecule has 0 aromatic heterocycles. The van der Waals surface area contributed by atoms with E-state index in [0.717, 1.165) is 11.3 Å². The van der Waals surface area contributed by atoms with E-state index in [1.54, 1.807) is 17.0 Å². The summed E-state index contributed by atoms with van der Waals surface area (Å²) in [6.45, 7) is 2.10. The third kappa shape index (κ3) is 2.15. The van der Waals surface area contributed by atoms with Crippen molar-refractivity contribution in [3.8, 4) is 0 Å². The second-order valence-electron chi connectivity index (χ2n) is 4.73. The van der Waals surface area contributed by atoms with Crippen molar-refractivity contribution in [2.75, 3.05) is 17.2 Å². The molecule has 1 aromatic rings. The third-order valence-corrected chi connectivity index (χ3v) is 3.42. The summed E-state index contributed by atoms with van der Waals surface area (Å²) in [7, 11) is 0. The summed E-state index contributed by atoms with van der Waals surface area (Å²) >= 11 is 0. The SMILES string of the molecule is Cc1cc(N2CC(O)C(O)C2C(N)O)ccc1N. The van der Waals surface area contributed by atoms with Crippen LogP contribution in [-0.2, 0) is 0 Å². The fraction of sp³-hybridized carbons (Fsp3) is 0.500. The van der Waals surface area contributed by atoms with Crippen molar-refractivity contribution >= 4 is 11.4 Å². The molecule has 4 atom stereocenters. The highest BCUT2D eigenvalue weighted by Gasteiger charge is 2.42. The number of hydrogen-bond acceptors (Lipinski definition) is 6. The smallest absolute Gasteiger partial charge is 0.125 e. The molecule has 0 amide bonds. The van der Waals surface area contributed by atoms with Crippen molar-refractivity contribution in [2.45, 2.75) is 31.4 Å². The van der Waals surface area contributed by atoms with E-state index in [9.17, 15) is 15.3 Å². The van der Waals surface area contributed by atoms with E-state index in [2.05, 4.69) is 0 Å². The van der Waals surface area contributed by atoms with Crippen LogP contribution in [0.2, 0.25) is 0 Å². The summed E-state index contributed by atoms with van der Waals surface area (Å²) in [4.78, 5) is 1.70. The average Bonchev–Trinajstić information content (AvgIpc) is 2.59. The van der Waals surface area contributed by atoms with Gasteiger partial charge in [-0.15, -0.1) is 0 Å². The molecule has 0 bridgehead atoms. The van der Waals surface area contributed by atoms with Gasteiger partial charge in [-0.25, -0.2) is 0 Å². The molecule has 1 heterocycles. The van der Waals surface area contributed by atoms with Gasteiger partial charge in [0, 0.05) is 17.9 Å². The lowest BCUT2D eigenvalue weighted by atomic mass is 10.1. The Kier molecular flexibility index (Phi) is 3.45. The Bertz CT molecular complexity index is 439. The number of anilines is 2. The summed E-state index contributed by atoms with van der Waals surface area (Å²) in [5, 5.41) is 29.1. The molecule has 1 aliphatic heterocycles. The van der Waals surface area contributed by atoms with Crippen molar-refractivity contribution in [3.05, 3.63) is 23.8 Å². The van der Waals surface area contributed by atoms with Crippen molar-refractivity contribution < 1.29 is 15.3 Å². The average molecular weight is 253 g/mol. The van der Waals surface area contributed by atoms with Gasteiger partial charge in [0.1, 0.15) is 12.3 Å². The van der Waals surface area contributed by atoms with Gasteiger partial charge in [-0.05, 0) is 30.7 Å². The summed E-state index contributed by atoms with van der Waals surface area (Å²) in [5.41, 5.74) is 13.5. The number of rotatable bonds is 2. The monoisotopic (exact) mass is 253 g/mol. The molecule has 4 unspecified atom stereocenters. The van der Waals surface area contributed by atoms with Crippen molar-refractivity contribution in [1.29, 1.82) is 0 Å². The van der Waals surface area contributed by atoms with Gasteiger partial charge in [0.15, 0.2) is 0 Å². The Morgan fingerprint density at radius 1 is 1.39 bits per heavy atom. The van der Waals surface area contributed by atoms with Crippen LogP contribution in [0.15, 0.2) is 18.2 Å². The molecule has 100 valence electrons. The number of β-amino-alcohol motifs (C(OH)–C–C–N with tert-alkyl or cyclic N) is 1. The quantitative estimate of drug-likeness (QED) is 0.333. The minimum Gasteiger partial charge on any atom is -0.399 e. The molecule has 0 radical (unpaired) electrons. The Hall–Kier alpha value is -1.34. The highest BCUT2D eigenvalue weighted by atomic mass is 16.3. The first-order chi connectivity index (χ1) is 8.41. The largest absolute Gasteiger partial charge is 0.399 e. The van der Waals surface area contributed by atoms with Gasteiger partial charge in [-0.1, -0.05) is 0 Å². The van der Waals surface area contributed by atoms with Crippen LogP contribution in [0.25, 0.3) is 0 Å². The molecule has 1 aromatic carbocycles. The molecule has 18 heavy (non-hydrogen) atoms. The molecule has 1 aliphatic rings. The number of aryl methyl sites for hydroxylation is 1. The van der Waals surface area contributed by atoms with Crippen molar-refractivity contribution in [3.63, 3.8) is 0 Å². The molecule has 6 nitrogen and oxygen atoms in total. The Morgan fingerprint density at radius 3 is 2.61 bits per heavy atom. The maximum Gasteiger partial charge on any atom is 0.125 e. The number of nitrogen functional groups attached to an aromatic ring is 1. The van der Waals surface area contributed by atoms with E-state index in [1.165, 1.54) is 0 Å². The molecule has 0 aliphatic carbocycles. The van der Waals surface area contributed by atoms with Crippen LogP contribution in [0.4, 0.5) is 11.4 Å². The maximum absolute atomic E-state index is 9.83. The van der Waals surface area contributed by atoms with Gasteiger partial charge in [0.25, 0.3) is 0 Å². The lowest BCUT2D eigenvalue weighted by molar-refractivity contribution is 0.0107. The number of hydrogen-bond donors (Lipinski definition) is 5. The first kappa shape index (κ1) is 13.1. The third-order valence-electron chi connectivity index (χ3n) is 3.42. The minimum absolute atomic E-state index is 0.226. The highest BCUT2D eigenvalue weighted by Crippen LogP contribution is 2.29. The molecule has 2 rings (SSSR count). The predicted octanol–water partition coefficient (Wildman–Crippen LogP) is -1.24. The first-order valence-corrected chi connectivity index (χ1v) is 5.84. The van der Waals surface area contributed by atoms with Crippen LogP contribution >= 0.6 is 0 Å². The van der Waals surface area contributed by atoms with Crippen LogP contribution in [0.1, 0.15) is 5.56 Å². The van der Waals surface area contributed by atoms with Gasteiger partial charge in [0.2, 0.25) is 0 Å². The lowest BCUT2D eigenvalue weighted by Gasteiger charge is -2.30. The number of nitrogens with zero attached hydrogens (tertiary/aromatic N) is 1. The molecular formula is C12H19N3O3. The van der Waals surface area contributed by atoms with E-state index in [-0.39, 0.29) is 6.54 Å². The molecule has 7 N–H and O–H groups in total. The second kappa shape index (κ2) is 4.74. The van der Waals surface area contributed by atoms with Gasteiger partial charge in [-0.3, -0.25) is 0 Å². The van der Waals surface area contributed by atoms with E-state index >= 15 is 0 Å². The van der Waals surface area contributed by atoms with Crippen LogP contribution in [0.3, 0.4) is 0 Å². The number of nitrogens with two attached hydrogens (primary N) is 2. The van der Waals surface area contributed by atoms with Crippen LogP contribution < -0.4 is 16.4 Å². The summed E-state index contributed by atoms with van der Waals surface area (Å²) < 4.78 is 0. The van der Waals surface area contributed by atoms with E-state index < -0.39 is 24.5 Å². The van der Waals surface area contributed by atoms with Crippen molar-refractivity contribution in [2.24, 2.45) is 5.73 Å². The standard InChI is InChI=1S/C12H19N3O3/c1-6-4-7(2-3-8(6)13)15-5-9(16)11(17)10(15)12(14)18/h2-4,9-12,16-18H,5,13-14H2,1H3. The second-order valence-corrected chi connectivity index (χ2v) is 4.73. The Labute approximate surface area is 105 Å². The van der Waals surface area contributed by atoms with Gasteiger partial charge >= 0.3 is 0 Å². The van der Waals surface area contributed by atoms with Crippen molar-refractivity contribution in [1.82, 2.24) is 0 Å². The topological polar surface area (TPSA) is 116 Å². The van der Waals surface area contributed by atoms with E-state index in [0.29, 0.717) is 5.69 Å². The van der Waals surface area contributed by atoms with Crippen LogP contribution in [0.5, 0.6) is 0 Å². The molecule has 1 fully saturated rings. The minimum atomic E-state index is -1.23. The zero-order valence-electron chi connectivity index (χ0n) is 10.2. The normalized spacial score (nSPS) is 29.6. The fourth-order valence-corrected chi connectivity index (χ4v) is 2.35. The van der Waals surface area contributed by atoms with Gasteiger partial charge in [0.05, 0.1) is 12.1 Å². The number of aliphatic hydroxyl groups is 3. The van der Waals surface area contributed by atoms with Crippen LogP contribution in [-0.4, -0.2) is 46.3 Å². The lowest BCUT2D eigenvalue weighted by Crippen LogP contribution is -2.49. The zero-order valence-corrected chi connectivity index (χ0v) is 10.2. The first-order valence-electron chi connectivity index (χ1n) is 5.84. The highest BCUT2D eigenvalue weighted by molar-refractivity contribution is 5.59. The summed E-state index contributed by atoms with van der Waals surface area (Å²) in [5.74, 6) is 0.